The van der Waals surface area contributed by atoms with Crippen molar-refractivity contribution in [2.45, 2.75) is 27.2 Å². The normalized spacial score (nSPS) is 39.5. The minimum Gasteiger partial charge on any atom is -0.299 e. The molecule has 0 aliphatic heterocycles. The fourth-order valence-corrected chi connectivity index (χ4v) is 2.71. The Bertz CT molecular complexity index is 248. The molecule has 2 aliphatic carbocycles. The van der Waals surface area contributed by atoms with Crippen molar-refractivity contribution in [3.8, 4) is 0 Å². The van der Waals surface area contributed by atoms with Crippen LogP contribution in [0, 0.1) is 17.3 Å². The first-order chi connectivity index (χ1) is 5.02. The zero-order valence-electron chi connectivity index (χ0n) is 7.35. The number of hydrogen-bond donors (Lipinski definition) is 0. The quantitative estimate of drug-likeness (QED) is 0.484. The maximum absolute atomic E-state index is 11.4. The summed E-state index contributed by atoms with van der Waals surface area (Å²) in [5.74, 6) is 1.30. The highest BCUT2D eigenvalue weighted by molar-refractivity contribution is 5.88. The summed E-state index contributed by atoms with van der Waals surface area (Å²) < 4.78 is 0. The minimum atomic E-state index is 0.237. The maximum Gasteiger partial charge on any atom is 0.140 e. The van der Waals surface area contributed by atoms with Gasteiger partial charge >= 0.3 is 0 Å². The zero-order chi connectivity index (χ0) is 8.22. The number of carbonyl (C=O) groups is 1. The molecule has 1 nitrogen and oxygen atoms in total. The van der Waals surface area contributed by atoms with Gasteiger partial charge in [-0.3, -0.25) is 4.79 Å². The van der Waals surface area contributed by atoms with Crippen LogP contribution < -0.4 is 0 Å². The molecule has 2 atom stereocenters. The van der Waals surface area contributed by atoms with Gasteiger partial charge in [0.1, 0.15) is 5.78 Å². The van der Waals surface area contributed by atoms with Gasteiger partial charge in [-0.1, -0.05) is 25.5 Å². The van der Waals surface area contributed by atoms with Gasteiger partial charge in [-0.25, -0.2) is 0 Å². The summed E-state index contributed by atoms with van der Waals surface area (Å²) in [7, 11) is 0. The molecule has 2 aliphatic rings. The second-order valence-corrected chi connectivity index (χ2v) is 4.55. The fraction of sp³-hybridized carbons (Fsp3) is 0.700. The van der Waals surface area contributed by atoms with Gasteiger partial charge in [0.2, 0.25) is 0 Å². The Morgan fingerprint density at radius 1 is 1.55 bits per heavy atom. The van der Waals surface area contributed by atoms with Crippen LogP contribution in [0.3, 0.4) is 0 Å². The van der Waals surface area contributed by atoms with Crippen LogP contribution in [-0.2, 0) is 4.79 Å². The summed E-state index contributed by atoms with van der Waals surface area (Å²) in [6, 6.07) is 0. The first-order valence-electron chi connectivity index (χ1n) is 4.23. The van der Waals surface area contributed by atoms with Gasteiger partial charge in [-0.15, -0.1) is 0 Å². The lowest BCUT2D eigenvalue weighted by Crippen LogP contribution is -2.29. The average molecular weight is 150 g/mol. The summed E-state index contributed by atoms with van der Waals surface area (Å²) in [6.07, 6.45) is 2.90. The van der Waals surface area contributed by atoms with Crippen molar-refractivity contribution in [1.82, 2.24) is 0 Å². The van der Waals surface area contributed by atoms with Crippen molar-refractivity contribution in [2.24, 2.45) is 17.3 Å². The highest BCUT2D eigenvalue weighted by Gasteiger charge is 2.51. The molecule has 0 heterocycles. The van der Waals surface area contributed by atoms with E-state index in [9.17, 15) is 4.79 Å². The van der Waals surface area contributed by atoms with Crippen molar-refractivity contribution in [2.75, 3.05) is 0 Å². The summed E-state index contributed by atoms with van der Waals surface area (Å²) in [4.78, 5) is 11.4. The van der Waals surface area contributed by atoms with E-state index in [4.69, 9.17) is 0 Å². The molecular weight excluding hydrogens is 136 g/mol. The Kier molecular flexibility index (Phi) is 1.14. The van der Waals surface area contributed by atoms with Crippen molar-refractivity contribution in [1.29, 1.82) is 0 Å². The highest BCUT2D eigenvalue weighted by atomic mass is 16.1. The van der Waals surface area contributed by atoms with Crippen LogP contribution in [0.25, 0.3) is 0 Å². The smallest absolute Gasteiger partial charge is 0.140 e. The fourth-order valence-electron chi connectivity index (χ4n) is 2.71. The molecule has 0 spiro atoms. The van der Waals surface area contributed by atoms with Crippen LogP contribution in [0.1, 0.15) is 27.2 Å². The van der Waals surface area contributed by atoms with Crippen LogP contribution in [0.5, 0.6) is 0 Å². The molecule has 1 fully saturated rings. The molecule has 1 heteroatoms. The third-order valence-electron chi connectivity index (χ3n) is 3.14. The molecule has 0 radical (unpaired) electrons. The van der Waals surface area contributed by atoms with E-state index in [1.807, 2.05) is 0 Å². The van der Waals surface area contributed by atoms with Gasteiger partial charge in [-0.2, -0.15) is 0 Å². The molecule has 0 aromatic rings. The minimum absolute atomic E-state index is 0.237. The van der Waals surface area contributed by atoms with Crippen LogP contribution in [0.2, 0.25) is 0 Å². The molecule has 0 bridgehead atoms. The van der Waals surface area contributed by atoms with E-state index in [1.165, 1.54) is 5.57 Å². The van der Waals surface area contributed by atoms with Crippen molar-refractivity contribution < 1.29 is 4.79 Å². The molecule has 1 saturated carbocycles. The monoisotopic (exact) mass is 150 g/mol. The zero-order valence-corrected chi connectivity index (χ0v) is 7.35. The standard InChI is InChI=1S/C10H14O/c1-6-4-7-8(11)5-10(2,3)9(6)7/h4,7,9H,5H2,1-3H3. The van der Waals surface area contributed by atoms with Gasteiger partial charge in [-0.05, 0) is 18.3 Å². The van der Waals surface area contributed by atoms with Gasteiger partial charge < -0.3 is 0 Å². The number of fused-ring (bicyclic) bond motifs is 1. The number of rotatable bonds is 0. The third kappa shape index (κ3) is 0.741. The third-order valence-corrected chi connectivity index (χ3v) is 3.14. The predicted octanol–water partition coefficient (Wildman–Crippen LogP) is 2.18. The topological polar surface area (TPSA) is 17.1 Å². The summed E-state index contributed by atoms with van der Waals surface area (Å²) in [5.41, 5.74) is 1.66. The van der Waals surface area contributed by atoms with Crippen molar-refractivity contribution in [3.63, 3.8) is 0 Å². The van der Waals surface area contributed by atoms with Gasteiger partial charge in [0.05, 0.1) is 0 Å². The van der Waals surface area contributed by atoms with Gasteiger partial charge in [0.25, 0.3) is 0 Å². The molecule has 2 rings (SSSR count). The SMILES string of the molecule is CC1=CC2C(=O)CC(C)(C)C12. The maximum atomic E-state index is 11.4. The average Bonchev–Trinajstić information content (AvgIpc) is 1.95. The van der Waals surface area contributed by atoms with Crippen molar-refractivity contribution >= 4 is 5.78 Å². The first-order valence-corrected chi connectivity index (χ1v) is 4.23. The van der Waals surface area contributed by atoms with Gasteiger partial charge in [0, 0.05) is 12.3 Å². The number of hydrogen-bond acceptors (Lipinski definition) is 1. The van der Waals surface area contributed by atoms with E-state index >= 15 is 0 Å². The Labute approximate surface area is 67.5 Å². The number of carbonyl (C=O) groups excluding carboxylic acids is 1. The lowest BCUT2D eigenvalue weighted by atomic mass is 9.68. The molecule has 0 saturated heterocycles. The molecule has 0 aromatic heterocycles. The number of Topliss-reactive ketones (excluding diaryl/α,β-unsaturated/α-hetero) is 1. The Balaban J connectivity index is 2.36. The lowest BCUT2D eigenvalue weighted by molar-refractivity contribution is -0.120. The molecule has 0 N–H and O–H groups in total. The van der Waals surface area contributed by atoms with E-state index in [0.29, 0.717) is 11.7 Å². The summed E-state index contributed by atoms with van der Waals surface area (Å²) in [5, 5.41) is 0. The van der Waals surface area contributed by atoms with E-state index < -0.39 is 0 Å². The molecule has 11 heavy (non-hydrogen) atoms. The predicted molar refractivity (Wildman–Crippen MR) is 44.1 cm³/mol. The number of allylic oxidation sites excluding steroid dienone is 2. The molecule has 0 amide bonds. The molecular formula is C10H14O. The van der Waals surface area contributed by atoms with Crippen LogP contribution in [0.15, 0.2) is 11.6 Å². The van der Waals surface area contributed by atoms with Crippen LogP contribution in [0.4, 0.5) is 0 Å². The van der Waals surface area contributed by atoms with E-state index in [-0.39, 0.29) is 11.3 Å². The van der Waals surface area contributed by atoms with E-state index in [1.54, 1.807) is 0 Å². The van der Waals surface area contributed by atoms with E-state index in [0.717, 1.165) is 6.42 Å². The first kappa shape index (κ1) is 7.08. The van der Waals surface area contributed by atoms with E-state index in [2.05, 4.69) is 26.8 Å². The van der Waals surface area contributed by atoms with Crippen LogP contribution in [-0.4, -0.2) is 5.78 Å². The largest absolute Gasteiger partial charge is 0.299 e. The second-order valence-electron chi connectivity index (χ2n) is 4.55. The highest BCUT2D eigenvalue weighted by Crippen LogP contribution is 2.54. The van der Waals surface area contributed by atoms with Crippen molar-refractivity contribution in [3.05, 3.63) is 11.6 Å². The second kappa shape index (κ2) is 1.77. The molecule has 0 aromatic carbocycles. The molecule has 60 valence electrons. The Morgan fingerprint density at radius 2 is 2.18 bits per heavy atom. The number of ketones is 1. The van der Waals surface area contributed by atoms with Gasteiger partial charge in [0.15, 0.2) is 0 Å². The Morgan fingerprint density at radius 3 is 2.55 bits per heavy atom. The molecule has 2 unspecified atom stereocenters. The lowest BCUT2D eigenvalue weighted by Gasteiger charge is -2.36. The summed E-state index contributed by atoms with van der Waals surface area (Å²) >= 11 is 0. The van der Waals surface area contributed by atoms with Crippen LogP contribution >= 0.6 is 0 Å². The summed E-state index contributed by atoms with van der Waals surface area (Å²) in [6.45, 7) is 6.54. The Hall–Kier alpha value is -0.590.